The van der Waals surface area contributed by atoms with E-state index in [9.17, 15) is 4.79 Å². The highest BCUT2D eigenvalue weighted by Crippen LogP contribution is 2.08. The molecule has 6 heteroatoms. The van der Waals surface area contributed by atoms with Crippen LogP contribution in [0.1, 0.15) is 30.3 Å². The number of amides is 1. The normalized spacial score (nSPS) is 11.9. The number of nitrogens with zero attached hydrogens (tertiary/aromatic N) is 1. The minimum Gasteiger partial charge on any atom is -0.392 e. The van der Waals surface area contributed by atoms with Gasteiger partial charge in [-0.05, 0) is 34.5 Å². The molecule has 0 fully saturated rings. The van der Waals surface area contributed by atoms with Gasteiger partial charge in [0.1, 0.15) is 5.69 Å². The zero-order chi connectivity index (χ0) is 12.8. The standard InChI is InChI=1S/C11H14BrN3OS/c1-2-3-8(10(13)17)15-11(16)9-5-4-7(12)6-14-9/h4-6,8H,2-3H2,1H3,(H2,13,17)(H,15,16). The van der Waals surface area contributed by atoms with Crippen LogP contribution in [0, 0.1) is 0 Å². The van der Waals surface area contributed by atoms with Crippen LogP contribution in [-0.4, -0.2) is 21.9 Å². The van der Waals surface area contributed by atoms with E-state index in [1.807, 2.05) is 6.92 Å². The third-order valence-electron chi connectivity index (χ3n) is 2.19. The smallest absolute Gasteiger partial charge is 0.270 e. The predicted molar refractivity (Wildman–Crippen MR) is 74.9 cm³/mol. The Bertz CT molecular complexity index is 408. The molecule has 1 rings (SSSR count). The molecule has 3 N–H and O–H groups in total. The lowest BCUT2D eigenvalue weighted by Gasteiger charge is -2.16. The number of hydrogen-bond acceptors (Lipinski definition) is 3. The van der Waals surface area contributed by atoms with E-state index >= 15 is 0 Å². The first-order valence-corrected chi connectivity index (χ1v) is 6.46. The van der Waals surface area contributed by atoms with Gasteiger partial charge in [0.25, 0.3) is 5.91 Å². The summed E-state index contributed by atoms with van der Waals surface area (Å²) in [7, 11) is 0. The van der Waals surface area contributed by atoms with E-state index in [4.69, 9.17) is 18.0 Å². The summed E-state index contributed by atoms with van der Waals surface area (Å²) in [6.45, 7) is 2.01. The Hall–Kier alpha value is -1.01. The van der Waals surface area contributed by atoms with Crippen molar-refractivity contribution in [1.82, 2.24) is 10.3 Å². The zero-order valence-electron chi connectivity index (χ0n) is 9.44. The maximum Gasteiger partial charge on any atom is 0.270 e. The predicted octanol–water partition coefficient (Wildman–Crippen LogP) is 2.03. The number of thiocarbonyl (C=S) groups is 1. The molecule has 1 unspecified atom stereocenters. The molecule has 0 aromatic carbocycles. The minimum absolute atomic E-state index is 0.260. The molecule has 1 amide bonds. The van der Waals surface area contributed by atoms with Crippen molar-refractivity contribution in [2.45, 2.75) is 25.8 Å². The SMILES string of the molecule is CCCC(NC(=O)c1ccc(Br)cn1)C(N)=S. The number of nitrogens with two attached hydrogens (primary N) is 1. The maximum absolute atomic E-state index is 11.8. The maximum atomic E-state index is 11.8. The Morgan fingerprint density at radius 1 is 1.65 bits per heavy atom. The van der Waals surface area contributed by atoms with Gasteiger partial charge >= 0.3 is 0 Å². The van der Waals surface area contributed by atoms with Crippen LogP contribution >= 0.6 is 28.1 Å². The number of carbonyl (C=O) groups is 1. The Morgan fingerprint density at radius 3 is 2.82 bits per heavy atom. The van der Waals surface area contributed by atoms with E-state index in [1.165, 1.54) is 0 Å². The second-order valence-corrected chi connectivity index (χ2v) is 4.97. The van der Waals surface area contributed by atoms with Gasteiger partial charge in [0.2, 0.25) is 0 Å². The van der Waals surface area contributed by atoms with E-state index in [0.717, 1.165) is 17.3 Å². The van der Waals surface area contributed by atoms with Gasteiger partial charge in [-0.3, -0.25) is 4.79 Å². The van der Waals surface area contributed by atoms with Gasteiger partial charge in [0, 0.05) is 10.7 Å². The lowest BCUT2D eigenvalue weighted by Crippen LogP contribution is -2.43. The van der Waals surface area contributed by atoms with Gasteiger partial charge in [-0.25, -0.2) is 4.98 Å². The summed E-state index contributed by atoms with van der Waals surface area (Å²) >= 11 is 8.17. The summed E-state index contributed by atoms with van der Waals surface area (Å²) in [6.07, 6.45) is 3.21. The Labute approximate surface area is 114 Å². The third-order valence-corrected chi connectivity index (χ3v) is 2.94. The number of rotatable bonds is 5. The average Bonchev–Trinajstić information content (AvgIpc) is 2.29. The Balaban J connectivity index is 2.70. The Kier molecular flexibility index (Phi) is 5.50. The molecule has 0 saturated heterocycles. The van der Waals surface area contributed by atoms with Crippen molar-refractivity contribution in [3.8, 4) is 0 Å². The highest BCUT2D eigenvalue weighted by Gasteiger charge is 2.15. The lowest BCUT2D eigenvalue weighted by atomic mass is 10.1. The topological polar surface area (TPSA) is 68.0 Å². The molecule has 0 aliphatic carbocycles. The van der Waals surface area contributed by atoms with Gasteiger partial charge in [0.15, 0.2) is 0 Å². The molecule has 0 aliphatic rings. The summed E-state index contributed by atoms with van der Waals surface area (Å²) in [5.74, 6) is -0.260. The monoisotopic (exact) mass is 315 g/mol. The fourth-order valence-electron chi connectivity index (χ4n) is 1.32. The van der Waals surface area contributed by atoms with Crippen molar-refractivity contribution in [3.05, 3.63) is 28.5 Å². The van der Waals surface area contributed by atoms with E-state index in [0.29, 0.717) is 10.7 Å². The molecular weight excluding hydrogens is 302 g/mol. The summed E-state index contributed by atoms with van der Waals surface area (Å²) in [5.41, 5.74) is 5.91. The molecule has 1 heterocycles. The summed E-state index contributed by atoms with van der Waals surface area (Å²) in [6, 6.07) is 3.13. The molecule has 17 heavy (non-hydrogen) atoms. The van der Waals surface area contributed by atoms with Crippen molar-refractivity contribution in [2.24, 2.45) is 5.73 Å². The van der Waals surface area contributed by atoms with Gasteiger partial charge in [0.05, 0.1) is 11.0 Å². The molecular formula is C11H14BrN3OS. The average molecular weight is 316 g/mol. The Morgan fingerprint density at radius 2 is 2.35 bits per heavy atom. The van der Waals surface area contributed by atoms with Gasteiger partial charge in [-0.2, -0.15) is 0 Å². The second-order valence-electron chi connectivity index (χ2n) is 3.58. The van der Waals surface area contributed by atoms with Gasteiger partial charge in [-0.1, -0.05) is 25.6 Å². The van der Waals surface area contributed by atoms with Crippen molar-refractivity contribution >= 4 is 39.0 Å². The van der Waals surface area contributed by atoms with Crippen LogP contribution in [0.3, 0.4) is 0 Å². The van der Waals surface area contributed by atoms with E-state index in [2.05, 4.69) is 26.2 Å². The van der Waals surface area contributed by atoms with E-state index in [-0.39, 0.29) is 11.9 Å². The van der Waals surface area contributed by atoms with Crippen LogP contribution in [-0.2, 0) is 0 Å². The molecule has 92 valence electrons. The fraction of sp³-hybridized carbons (Fsp3) is 0.364. The van der Waals surface area contributed by atoms with Gasteiger partial charge in [-0.15, -0.1) is 0 Å². The van der Waals surface area contributed by atoms with Crippen molar-refractivity contribution in [2.75, 3.05) is 0 Å². The highest BCUT2D eigenvalue weighted by molar-refractivity contribution is 9.10. The quantitative estimate of drug-likeness (QED) is 0.816. The molecule has 0 aliphatic heterocycles. The first-order chi connectivity index (χ1) is 8.04. The number of halogens is 1. The summed E-state index contributed by atoms with van der Waals surface area (Å²) in [4.78, 5) is 16.2. The van der Waals surface area contributed by atoms with Crippen molar-refractivity contribution < 1.29 is 4.79 Å². The van der Waals surface area contributed by atoms with Crippen LogP contribution in [0.5, 0.6) is 0 Å². The number of hydrogen-bond donors (Lipinski definition) is 2. The number of carbonyl (C=O) groups excluding carboxylic acids is 1. The summed E-state index contributed by atoms with van der Waals surface area (Å²) in [5, 5.41) is 2.77. The molecule has 4 nitrogen and oxygen atoms in total. The number of nitrogens with one attached hydrogen (secondary N) is 1. The molecule has 1 aromatic rings. The van der Waals surface area contributed by atoms with E-state index < -0.39 is 0 Å². The molecule has 1 aromatic heterocycles. The van der Waals surface area contributed by atoms with Crippen molar-refractivity contribution in [3.63, 3.8) is 0 Å². The number of aromatic nitrogens is 1. The van der Waals surface area contributed by atoms with Crippen LogP contribution in [0.25, 0.3) is 0 Å². The molecule has 0 spiro atoms. The minimum atomic E-state index is -0.270. The van der Waals surface area contributed by atoms with Crippen molar-refractivity contribution in [1.29, 1.82) is 0 Å². The second kappa shape index (κ2) is 6.66. The van der Waals surface area contributed by atoms with Crippen LogP contribution < -0.4 is 11.1 Å². The van der Waals surface area contributed by atoms with Crippen LogP contribution in [0.2, 0.25) is 0 Å². The lowest BCUT2D eigenvalue weighted by molar-refractivity contribution is 0.0940. The van der Waals surface area contributed by atoms with Crippen LogP contribution in [0.15, 0.2) is 22.8 Å². The zero-order valence-corrected chi connectivity index (χ0v) is 11.8. The number of pyridine rings is 1. The molecule has 0 saturated carbocycles. The van der Waals surface area contributed by atoms with E-state index in [1.54, 1.807) is 18.3 Å². The summed E-state index contributed by atoms with van der Waals surface area (Å²) < 4.78 is 0.827. The van der Waals surface area contributed by atoms with Gasteiger partial charge < -0.3 is 11.1 Å². The largest absolute Gasteiger partial charge is 0.392 e. The third kappa shape index (κ3) is 4.40. The molecule has 0 bridgehead atoms. The molecule has 1 atom stereocenters. The highest BCUT2D eigenvalue weighted by atomic mass is 79.9. The first-order valence-electron chi connectivity index (χ1n) is 5.26. The van der Waals surface area contributed by atoms with Crippen LogP contribution in [0.4, 0.5) is 0 Å². The fourth-order valence-corrected chi connectivity index (χ4v) is 1.73. The molecule has 0 radical (unpaired) electrons. The first kappa shape index (κ1) is 14.1.